The quantitative estimate of drug-likeness (QED) is 0.777. The van der Waals surface area contributed by atoms with Crippen molar-refractivity contribution in [2.45, 2.75) is 50.5 Å². The molecule has 0 radical (unpaired) electrons. The Labute approximate surface area is 121 Å². The summed E-state index contributed by atoms with van der Waals surface area (Å²) in [5.41, 5.74) is 0. The van der Waals surface area contributed by atoms with E-state index < -0.39 is 54.9 Å². The van der Waals surface area contributed by atoms with Crippen molar-refractivity contribution in [3.63, 3.8) is 0 Å². The summed E-state index contributed by atoms with van der Waals surface area (Å²) in [7, 11) is 0. The molecule has 1 aliphatic rings. The monoisotopic (exact) mass is 335 g/mol. The summed E-state index contributed by atoms with van der Waals surface area (Å²) < 4.78 is 74.5. The highest BCUT2D eigenvalue weighted by Crippen LogP contribution is 2.40. The standard InChI is InChI=1S/C12H15F6NO3/c13-11(14,15)5-8(10(21)22)19-9(20)6-2-1-3-7(4-6)12(16,17)18/h6-8H,1-5H2,(H,19,20)(H,21,22). The summed E-state index contributed by atoms with van der Waals surface area (Å²) >= 11 is 0. The molecule has 0 aromatic rings. The Morgan fingerprint density at radius 1 is 1.14 bits per heavy atom. The number of halogens is 6. The van der Waals surface area contributed by atoms with E-state index in [-0.39, 0.29) is 19.3 Å². The van der Waals surface area contributed by atoms with Crippen LogP contribution in [0.1, 0.15) is 32.1 Å². The minimum atomic E-state index is -4.81. The molecule has 1 aliphatic carbocycles. The van der Waals surface area contributed by atoms with Crippen LogP contribution >= 0.6 is 0 Å². The number of carboxylic acid groups (broad SMARTS) is 1. The first-order chi connectivity index (χ1) is 9.90. The van der Waals surface area contributed by atoms with Gasteiger partial charge in [0.25, 0.3) is 0 Å². The van der Waals surface area contributed by atoms with E-state index in [1.54, 1.807) is 5.32 Å². The maximum absolute atomic E-state index is 12.6. The lowest BCUT2D eigenvalue weighted by molar-refractivity contribution is -0.186. The Bertz CT molecular complexity index is 420. The van der Waals surface area contributed by atoms with Gasteiger partial charge >= 0.3 is 18.3 Å². The zero-order valence-corrected chi connectivity index (χ0v) is 11.3. The van der Waals surface area contributed by atoms with Gasteiger partial charge in [-0.1, -0.05) is 6.42 Å². The van der Waals surface area contributed by atoms with Gasteiger partial charge in [-0.15, -0.1) is 0 Å². The molecule has 0 saturated heterocycles. The Morgan fingerprint density at radius 2 is 1.73 bits per heavy atom. The highest BCUT2D eigenvalue weighted by atomic mass is 19.4. The molecule has 10 heteroatoms. The van der Waals surface area contributed by atoms with Crippen LogP contribution in [0.25, 0.3) is 0 Å². The van der Waals surface area contributed by atoms with Crippen LogP contribution in [0.3, 0.4) is 0 Å². The predicted octanol–water partition coefficient (Wildman–Crippen LogP) is 2.88. The molecule has 0 spiro atoms. The molecular formula is C12H15F6NO3. The van der Waals surface area contributed by atoms with E-state index in [2.05, 4.69) is 0 Å². The van der Waals surface area contributed by atoms with Crippen LogP contribution in [0.5, 0.6) is 0 Å². The third kappa shape index (κ3) is 5.72. The summed E-state index contributed by atoms with van der Waals surface area (Å²) in [6, 6.07) is -2.20. The van der Waals surface area contributed by atoms with Gasteiger partial charge in [0.15, 0.2) is 0 Å². The summed E-state index contributed by atoms with van der Waals surface area (Å²) in [6.07, 6.45) is -11.5. The van der Waals surface area contributed by atoms with Crippen LogP contribution in [0.4, 0.5) is 26.3 Å². The van der Waals surface area contributed by atoms with Gasteiger partial charge in [0, 0.05) is 5.92 Å². The maximum atomic E-state index is 12.6. The number of alkyl halides is 6. The molecule has 0 aromatic heterocycles. The van der Waals surface area contributed by atoms with E-state index in [0.29, 0.717) is 0 Å². The zero-order valence-electron chi connectivity index (χ0n) is 11.3. The highest BCUT2D eigenvalue weighted by molar-refractivity contribution is 5.85. The summed E-state index contributed by atoms with van der Waals surface area (Å²) in [5.74, 6) is -5.78. The van der Waals surface area contributed by atoms with Gasteiger partial charge in [0.1, 0.15) is 6.04 Å². The fraction of sp³-hybridized carbons (Fsp3) is 0.833. The van der Waals surface area contributed by atoms with Gasteiger partial charge in [0.2, 0.25) is 5.91 Å². The van der Waals surface area contributed by atoms with Crippen molar-refractivity contribution in [3.05, 3.63) is 0 Å². The SMILES string of the molecule is O=C(NC(CC(F)(F)F)C(=O)O)C1CCCC(C(F)(F)F)C1. The number of rotatable bonds is 4. The minimum Gasteiger partial charge on any atom is -0.480 e. The van der Waals surface area contributed by atoms with Gasteiger partial charge in [-0.05, 0) is 19.3 Å². The highest BCUT2D eigenvalue weighted by Gasteiger charge is 2.44. The number of carboxylic acids is 1. The first-order valence-electron chi connectivity index (χ1n) is 6.57. The van der Waals surface area contributed by atoms with E-state index in [9.17, 15) is 35.9 Å². The molecule has 0 heterocycles. The van der Waals surface area contributed by atoms with Crippen LogP contribution in [-0.4, -0.2) is 35.4 Å². The number of hydrogen-bond acceptors (Lipinski definition) is 2. The molecule has 128 valence electrons. The fourth-order valence-electron chi connectivity index (χ4n) is 2.45. The molecule has 3 atom stereocenters. The third-order valence-corrected chi connectivity index (χ3v) is 3.56. The minimum absolute atomic E-state index is 0.0940. The van der Waals surface area contributed by atoms with Crippen molar-refractivity contribution in [3.8, 4) is 0 Å². The maximum Gasteiger partial charge on any atom is 0.391 e. The second-order valence-corrected chi connectivity index (χ2v) is 5.32. The molecule has 1 saturated carbocycles. The first kappa shape index (κ1) is 18.6. The number of amides is 1. The second-order valence-electron chi connectivity index (χ2n) is 5.32. The fourth-order valence-corrected chi connectivity index (χ4v) is 2.45. The van der Waals surface area contributed by atoms with Crippen LogP contribution in [0.15, 0.2) is 0 Å². The van der Waals surface area contributed by atoms with Gasteiger partial charge in [-0.3, -0.25) is 4.79 Å². The van der Waals surface area contributed by atoms with Crippen LogP contribution < -0.4 is 5.32 Å². The van der Waals surface area contributed by atoms with Crippen molar-refractivity contribution < 1.29 is 41.0 Å². The predicted molar refractivity (Wildman–Crippen MR) is 61.7 cm³/mol. The lowest BCUT2D eigenvalue weighted by Gasteiger charge is -2.30. The second kappa shape index (κ2) is 6.74. The van der Waals surface area contributed by atoms with Crippen LogP contribution in [0, 0.1) is 11.8 Å². The molecule has 1 amide bonds. The number of carbonyl (C=O) groups excluding carboxylic acids is 1. The van der Waals surface area contributed by atoms with Crippen molar-refractivity contribution in [1.29, 1.82) is 0 Å². The first-order valence-corrected chi connectivity index (χ1v) is 6.57. The largest absolute Gasteiger partial charge is 0.480 e. The van der Waals surface area contributed by atoms with E-state index in [0.717, 1.165) is 0 Å². The zero-order chi connectivity index (χ0) is 17.1. The molecule has 3 unspecified atom stereocenters. The van der Waals surface area contributed by atoms with Crippen molar-refractivity contribution in [2.75, 3.05) is 0 Å². The van der Waals surface area contributed by atoms with E-state index in [1.165, 1.54) is 0 Å². The average molecular weight is 335 g/mol. The van der Waals surface area contributed by atoms with Gasteiger partial charge in [0.05, 0.1) is 12.3 Å². The molecular weight excluding hydrogens is 320 g/mol. The topological polar surface area (TPSA) is 66.4 Å². The van der Waals surface area contributed by atoms with E-state index in [4.69, 9.17) is 5.11 Å². The van der Waals surface area contributed by atoms with Crippen molar-refractivity contribution >= 4 is 11.9 Å². The number of carbonyl (C=O) groups is 2. The summed E-state index contributed by atoms with van der Waals surface area (Å²) in [6.45, 7) is 0. The van der Waals surface area contributed by atoms with E-state index >= 15 is 0 Å². The van der Waals surface area contributed by atoms with Crippen LogP contribution in [-0.2, 0) is 9.59 Å². The van der Waals surface area contributed by atoms with Gasteiger partial charge in [-0.25, -0.2) is 4.79 Å². The Morgan fingerprint density at radius 3 is 2.18 bits per heavy atom. The molecule has 0 aliphatic heterocycles. The average Bonchev–Trinajstić information content (AvgIpc) is 2.35. The molecule has 0 bridgehead atoms. The van der Waals surface area contributed by atoms with Gasteiger partial charge in [-0.2, -0.15) is 26.3 Å². The van der Waals surface area contributed by atoms with Crippen molar-refractivity contribution in [2.24, 2.45) is 11.8 Å². The lowest BCUT2D eigenvalue weighted by Crippen LogP contribution is -2.47. The lowest BCUT2D eigenvalue weighted by atomic mass is 9.80. The summed E-state index contributed by atoms with van der Waals surface area (Å²) in [5, 5.41) is 10.4. The van der Waals surface area contributed by atoms with Crippen molar-refractivity contribution in [1.82, 2.24) is 5.32 Å². The Kier molecular flexibility index (Phi) is 5.69. The molecule has 4 nitrogen and oxygen atoms in total. The van der Waals surface area contributed by atoms with E-state index in [1.807, 2.05) is 0 Å². The number of nitrogens with one attached hydrogen (secondary N) is 1. The van der Waals surface area contributed by atoms with Gasteiger partial charge < -0.3 is 10.4 Å². The molecule has 1 rings (SSSR count). The smallest absolute Gasteiger partial charge is 0.391 e. The van der Waals surface area contributed by atoms with Crippen LogP contribution in [0.2, 0.25) is 0 Å². The number of hydrogen-bond donors (Lipinski definition) is 2. The molecule has 0 aromatic carbocycles. The molecule has 2 N–H and O–H groups in total. The normalized spacial score (nSPS) is 24.6. The molecule has 22 heavy (non-hydrogen) atoms. The third-order valence-electron chi connectivity index (χ3n) is 3.56. The molecule has 1 fully saturated rings. The summed E-state index contributed by atoms with van der Waals surface area (Å²) in [4.78, 5) is 22.5. The Balaban J connectivity index is 2.68. The Hall–Kier alpha value is -1.48. The number of aliphatic carboxylic acids is 1.